The van der Waals surface area contributed by atoms with Crippen molar-refractivity contribution in [2.24, 2.45) is 10.9 Å². The van der Waals surface area contributed by atoms with E-state index in [2.05, 4.69) is 23.5 Å². The zero-order valence-corrected chi connectivity index (χ0v) is 10.5. The average Bonchev–Trinajstić information content (AvgIpc) is 2.37. The second-order valence-corrected chi connectivity index (χ2v) is 4.04. The van der Waals surface area contributed by atoms with E-state index in [-0.39, 0.29) is 11.9 Å². The Morgan fingerprint density at radius 3 is 2.71 bits per heavy atom. The molecule has 1 rings (SSSR count). The standard InChI is InChI=1S/C13H21N3O/c1-3-7-10-8-5-6-9-12(10)15-11(4-2)13(14)16-17/h5-6,8-9,11,15,17H,3-4,7H2,1-2H3,(H2,14,16). The minimum Gasteiger partial charge on any atom is -0.409 e. The van der Waals surface area contributed by atoms with Crippen LogP contribution in [0.1, 0.15) is 32.3 Å². The summed E-state index contributed by atoms with van der Waals surface area (Å²) in [5.74, 6) is 0.221. The zero-order valence-electron chi connectivity index (χ0n) is 10.5. The summed E-state index contributed by atoms with van der Waals surface area (Å²) < 4.78 is 0. The Labute approximate surface area is 103 Å². The molecule has 0 aliphatic heterocycles. The predicted molar refractivity (Wildman–Crippen MR) is 71.5 cm³/mol. The van der Waals surface area contributed by atoms with Crippen LogP contribution in [0.4, 0.5) is 5.69 Å². The van der Waals surface area contributed by atoms with E-state index in [1.54, 1.807) is 0 Å². The summed E-state index contributed by atoms with van der Waals surface area (Å²) in [6, 6.07) is 8.02. The molecule has 4 nitrogen and oxygen atoms in total. The molecule has 17 heavy (non-hydrogen) atoms. The summed E-state index contributed by atoms with van der Waals surface area (Å²) >= 11 is 0. The van der Waals surface area contributed by atoms with Crippen LogP contribution < -0.4 is 11.1 Å². The van der Waals surface area contributed by atoms with Crippen LogP contribution in [0.5, 0.6) is 0 Å². The normalized spacial score (nSPS) is 13.4. The predicted octanol–water partition coefficient (Wildman–Crippen LogP) is 2.58. The Bertz CT molecular complexity index is 377. The molecule has 0 radical (unpaired) electrons. The van der Waals surface area contributed by atoms with Crippen LogP contribution >= 0.6 is 0 Å². The Kier molecular flexibility index (Phi) is 5.33. The fraction of sp³-hybridized carbons (Fsp3) is 0.462. The maximum Gasteiger partial charge on any atom is 0.161 e. The lowest BCUT2D eigenvalue weighted by molar-refractivity contribution is 0.316. The molecular formula is C13H21N3O. The van der Waals surface area contributed by atoms with Gasteiger partial charge in [-0.15, -0.1) is 0 Å². The van der Waals surface area contributed by atoms with E-state index >= 15 is 0 Å². The first-order chi connectivity index (χ1) is 8.22. The first-order valence-corrected chi connectivity index (χ1v) is 6.04. The summed E-state index contributed by atoms with van der Waals surface area (Å²) in [6.45, 7) is 4.15. The summed E-state index contributed by atoms with van der Waals surface area (Å²) in [4.78, 5) is 0. The molecule has 1 aromatic rings. The molecule has 0 aliphatic carbocycles. The number of anilines is 1. The number of rotatable bonds is 6. The van der Waals surface area contributed by atoms with Gasteiger partial charge in [0.1, 0.15) is 0 Å². The summed E-state index contributed by atoms with van der Waals surface area (Å²) in [7, 11) is 0. The number of aryl methyl sites for hydroxylation is 1. The summed E-state index contributed by atoms with van der Waals surface area (Å²) in [5.41, 5.74) is 7.96. The van der Waals surface area contributed by atoms with E-state index in [1.165, 1.54) is 5.56 Å². The number of benzene rings is 1. The molecule has 1 atom stereocenters. The van der Waals surface area contributed by atoms with Gasteiger partial charge < -0.3 is 16.3 Å². The van der Waals surface area contributed by atoms with Crippen LogP contribution in [0.25, 0.3) is 0 Å². The minimum atomic E-state index is -0.127. The Morgan fingerprint density at radius 2 is 2.12 bits per heavy atom. The lowest BCUT2D eigenvalue weighted by Crippen LogP contribution is -2.35. The Balaban J connectivity index is 2.85. The topological polar surface area (TPSA) is 70.6 Å². The quantitative estimate of drug-likeness (QED) is 0.307. The third-order valence-electron chi connectivity index (χ3n) is 2.75. The lowest BCUT2D eigenvalue weighted by atomic mass is 10.1. The van der Waals surface area contributed by atoms with Gasteiger partial charge in [-0.05, 0) is 24.5 Å². The molecule has 0 bridgehead atoms. The number of amidine groups is 1. The average molecular weight is 235 g/mol. The van der Waals surface area contributed by atoms with Crippen molar-refractivity contribution in [2.75, 3.05) is 5.32 Å². The van der Waals surface area contributed by atoms with Crippen molar-refractivity contribution >= 4 is 11.5 Å². The van der Waals surface area contributed by atoms with Gasteiger partial charge in [-0.3, -0.25) is 0 Å². The van der Waals surface area contributed by atoms with E-state index in [0.29, 0.717) is 0 Å². The monoisotopic (exact) mass is 235 g/mol. The van der Waals surface area contributed by atoms with Gasteiger partial charge in [-0.1, -0.05) is 43.6 Å². The molecule has 0 saturated heterocycles. The largest absolute Gasteiger partial charge is 0.409 e. The second-order valence-electron chi connectivity index (χ2n) is 4.04. The lowest BCUT2D eigenvalue weighted by Gasteiger charge is -2.19. The number of nitrogens with zero attached hydrogens (tertiary/aromatic N) is 1. The molecule has 0 spiro atoms. The van der Waals surface area contributed by atoms with Gasteiger partial charge in [0.15, 0.2) is 5.84 Å². The van der Waals surface area contributed by atoms with Crippen LogP contribution in [0.2, 0.25) is 0 Å². The fourth-order valence-corrected chi connectivity index (χ4v) is 1.79. The zero-order chi connectivity index (χ0) is 12.7. The van der Waals surface area contributed by atoms with Crippen molar-refractivity contribution in [3.05, 3.63) is 29.8 Å². The van der Waals surface area contributed by atoms with Crippen molar-refractivity contribution < 1.29 is 5.21 Å². The molecule has 4 N–H and O–H groups in total. The van der Waals surface area contributed by atoms with Crippen molar-refractivity contribution in [3.8, 4) is 0 Å². The molecule has 0 heterocycles. The Hall–Kier alpha value is -1.71. The second kappa shape index (κ2) is 6.78. The number of para-hydroxylation sites is 1. The molecule has 1 unspecified atom stereocenters. The molecule has 0 aromatic heterocycles. The molecule has 0 amide bonds. The van der Waals surface area contributed by atoms with Crippen molar-refractivity contribution in [2.45, 2.75) is 39.2 Å². The van der Waals surface area contributed by atoms with Crippen LogP contribution in [0.3, 0.4) is 0 Å². The first kappa shape index (κ1) is 13.4. The van der Waals surface area contributed by atoms with E-state index in [0.717, 1.165) is 24.9 Å². The molecule has 1 aromatic carbocycles. The van der Waals surface area contributed by atoms with Crippen LogP contribution in [-0.4, -0.2) is 17.1 Å². The number of nitrogens with two attached hydrogens (primary N) is 1. The number of nitrogens with one attached hydrogen (secondary N) is 1. The number of hydrogen-bond donors (Lipinski definition) is 3. The molecule has 0 saturated carbocycles. The van der Waals surface area contributed by atoms with Gasteiger partial charge in [0.05, 0.1) is 6.04 Å². The van der Waals surface area contributed by atoms with Crippen LogP contribution in [-0.2, 0) is 6.42 Å². The molecular weight excluding hydrogens is 214 g/mol. The maximum atomic E-state index is 8.71. The molecule has 94 valence electrons. The highest BCUT2D eigenvalue weighted by atomic mass is 16.4. The van der Waals surface area contributed by atoms with Gasteiger partial charge >= 0.3 is 0 Å². The van der Waals surface area contributed by atoms with Crippen molar-refractivity contribution in [1.82, 2.24) is 0 Å². The fourth-order valence-electron chi connectivity index (χ4n) is 1.79. The van der Waals surface area contributed by atoms with E-state index in [1.807, 2.05) is 25.1 Å². The van der Waals surface area contributed by atoms with Gasteiger partial charge in [0, 0.05) is 5.69 Å². The van der Waals surface area contributed by atoms with Crippen LogP contribution in [0.15, 0.2) is 29.4 Å². The summed E-state index contributed by atoms with van der Waals surface area (Å²) in [6.07, 6.45) is 2.89. The first-order valence-electron chi connectivity index (χ1n) is 6.04. The molecule has 4 heteroatoms. The smallest absolute Gasteiger partial charge is 0.161 e. The third-order valence-corrected chi connectivity index (χ3v) is 2.75. The highest BCUT2D eigenvalue weighted by molar-refractivity contribution is 5.87. The molecule has 0 fully saturated rings. The van der Waals surface area contributed by atoms with E-state index in [9.17, 15) is 0 Å². The number of hydrogen-bond acceptors (Lipinski definition) is 3. The van der Waals surface area contributed by atoms with Gasteiger partial charge in [-0.25, -0.2) is 0 Å². The Morgan fingerprint density at radius 1 is 1.41 bits per heavy atom. The van der Waals surface area contributed by atoms with E-state index in [4.69, 9.17) is 10.9 Å². The third kappa shape index (κ3) is 3.66. The van der Waals surface area contributed by atoms with Gasteiger partial charge in [0.25, 0.3) is 0 Å². The summed E-state index contributed by atoms with van der Waals surface area (Å²) in [5, 5.41) is 15.1. The SMILES string of the molecule is CCCc1ccccc1NC(CC)C(N)=NO. The number of oxime groups is 1. The van der Waals surface area contributed by atoms with Gasteiger partial charge in [0.2, 0.25) is 0 Å². The highest BCUT2D eigenvalue weighted by Gasteiger charge is 2.12. The van der Waals surface area contributed by atoms with Crippen LogP contribution in [0, 0.1) is 0 Å². The van der Waals surface area contributed by atoms with Gasteiger partial charge in [-0.2, -0.15) is 0 Å². The van der Waals surface area contributed by atoms with Crippen molar-refractivity contribution in [1.29, 1.82) is 0 Å². The maximum absolute atomic E-state index is 8.71. The highest BCUT2D eigenvalue weighted by Crippen LogP contribution is 2.18. The minimum absolute atomic E-state index is 0.127. The van der Waals surface area contributed by atoms with Crippen molar-refractivity contribution in [3.63, 3.8) is 0 Å². The molecule has 0 aliphatic rings. The van der Waals surface area contributed by atoms with E-state index < -0.39 is 0 Å².